The average molecular weight is 402 g/mol. The van der Waals surface area contributed by atoms with Gasteiger partial charge in [0.25, 0.3) is 5.91 Å². The van der Waals surface area contributed by atoms with E-state index in [1.54, 1.807) is 37.1 Å². The Bertz CT molecular complexity index is 1070. The molecule has 3 aromatic heterocycles. The molecule has 1 saturated heterocycles. The maximum absolute atomic E-state index is 13.5. The van der Waals surface area contributed by atoms with E-state index in [9.17, 15) is 4.79 Å². The fourth-order valence-corrected chi connectivity index (χ4v) is 4.39. The summed E-state index contributed by atoms with van der Waals surface area (Å²) >= 11 is 0. The third kappa shape index (κ3) is 3.38. The Kier molecular flexibility index (Phi) is 4.61. The minimum absolute atomic E-state index is 0.0138. The van der Waals surface area contributed by atoms with Crippen molar-refractivity contribution in [3.8, 4) is 17.4 Å². The Morgan fingerprint density at radius 1 is 1.00 bits per heavy atom. The Morgan fingerprint density at radius 2 is 1.73 bits per heavy atom. The van der Waals surface area contributed by atoms with E-state index in [1.165, 1.54) is 0 Å². The number of piperidine rings is 1. The first-order valence-corrected chi connectivity index (χ1v) is 10.1. The summed E-state index contributed by atoms with van der Waals surface area (Å²) in [4.78, 5) is 37.0. The van der Waals surface area contributed by atoms with Crippen molar-refractivity contribution in [2.75, 3.05) is 6.54 Å². The number of ether oxygens (including phenoxy) is 1. The predicted molar refractivity (Wildman–Crippen MR) is 109 cm³/mol. The molecule has 1 aliphatic carbocycles. The Balaban J connectivity index is 1.41. The second kappa shape index (κ2) is 7.44. The Labute approximate surface area is 174 Å². The fourth-order valence-electron chi connectivity index (χ4n) is 4.39. The maximum atomic E-state index is 13.5. The normalized spacial score (nSPS) is 22.3. The lowest BCUT2D eigenvalue weighted by Gasteiger charge is -2.33. The van der Waals surface area contributed by atoms with Gasteiger partial charge in [0, 0.05) is 37.5 Å². The van der Waals surface area contributed by atoms with E-state index in [1.807, 2.05) is 24.8 Å². The zero-order valence-electron chi connectivity index (χ0n) is 16.9. The number of hydrogen-bond donors (Lipinski definition) is 0. The highest BCUT2D eigenvalue weighted by atomic mass is 16.5. The molecule has 152 valence electrons. The first kappa shape index (κ1) is 18.6. The van der Waals surface area contributed by atoms with Gasteiger partial charge in [0.15, 0.2) is 5.82 Å². The average Bonchev–Trinajstić information content (AvgIpc) is 3.36. The molecule has 8 nitrogen and oxygen atoms in total. The number of rotatable bonds is 4. The van der Waals surface area contributed by atoms with Crippen LogP contribution in [0.25, 0.3) is 11.4 Å². The van der Waals surface area contributed by atoms with E-state index in [-0.39, 0.29) is 18.1 Å². The fraction of sp³-hybridized carbons (Fsp3) is 0.364. The lowest BCUT2D eigenvalue weighted by molar-refractivity contribution is 0.0448. The highest BCUT2D eigenvalue weighted by molar-refractivity contribution is 5.98. The first-order valence-electron chi connectivity index (χ1n) is 10.1. The van der Waals surface area contributed by atoms with Gasteiger partial charge in [0.05, 0.1) is 11.6 Å². The molecule has 2 bridgehead atoms. The summed E-state index contributed by atoms with van der Waals surface area (Å²) in [7, 11) is 0. The summed E-state index contributed by atoms with van der Waals surface area (Å²) in [5.41, 5.74) is 2.97. The molecule has 0 spiro atoms. The zero-order valence-corrected chi connectivity index (χ0v) is 16.9. The Morgan fingerprint density at radius 3 is 2.47 bits per heavy atom. The molecule has 0 aromatic carbocycles. The van der Waals surface area contributed by atoms with Crippen LogP contribution in [0.3, 0.4) is 0 Å². The van der Waals surface area contributed by atoms with E-state index in [2.05, 4.69) is 24.9 Å². The van der Waals surface area contributed by atoms with Crippen molar-refractivity contribution in [2.45, 2.75) is 38.8 Å². The predicted octanol–water partition coefficient (Wildman–Crippen LogP) is 2.63. The van der Waals surface area contributed by atoms with Gasteiger partial charge in [-0.25, -0.2) is 19.9 Å². The van der Waals surface area contributed by atoms with E-state index < -0.39 is 0 Å². The number of hydrogen-bond acceptors (Lipinski definition) is 7. The molecule has 0 N–H and O–H groups in total. The van der Waals surface area contributed by atoms with Crippen molar-refractivity contribution in [3.05, 3.63) is 59.9 Å². The summed E-state index contributed by atoms with van der Waals surface area (Å²) in [5, 5.41) is 0. The van der Waals surface area contributed by atoms with Gasteiger partial charge >= 0.3 is 6.01 Å². The van der Waals surface area contributed by atoms with Gasteiger partial charge in [0.2, 0.25) is 0 Å². The van der Waals surface area contributed by atoms with Crippen LogP contribution in [-0.4, -0.2) is 54.4 Å². The van der Waals surface area contributed by atoms with Crippen LogP contribution in [0.4, 0.5) is 0 Å². The molecule has 4 heterocycles. The van der Waals surface area contributed by atoms with Crippen LogP contribution in [0.5, 0.6) is 6.01 Å². The number of pyridine rings is 1. The lowest BCUT2D eigenvalue weighted by Crippen LogP contribution is -2.47. The van der Waals surface area contributed by atoms with Gasteiger partial charge in [-0.2, -0.15) is 0 Å². The molecule has 1 amide bonds. The SMILES string of the molecule is Cc1cnc(OC2CC3CC2N(C(=O)c2ncc(C)cc2-c2ncccn2)C3)nc1. The molecule has 5 rings (SSSR count). The number of aromatic nitrogens is 5. The van der Waals surface area contributed by atoms with Crippen molar-refractivity contribution >= 4 is 5.91 Å². The summed E-state index contributed by atoms with van der Waals surface area (Å²) < 4.78 is 6.05. The summed E-state index contributed by atoms with van der Waals surface area (Å²) in [6, 6.07) is 4.01. The van der Waals surface area contributed by atoms with Crippen molar-refractivity contribution in [3.63, 3.8) is 0 Å². The largest absolute Gasteiger partial charge is 0.458 e. The standard InChI is InChI=1S/C22H22N6O2/c1-13-6-16(20-23-4-3-5-24-20)19(25-9-13)21(29)28-12-15-7-17(28)18(8-15)30-22-26-10-14(2)11-27-22/h3-6,9-11,15,17-18H,7-8,12H2,1-2H3. The first-order chi connectivity index (χ1) is 14.6. The van der Waals surface area contributed by atoms with Gasteiger partial charge in [-0.3, -0.25) is 9.78 Å². The monoisotopic (exact) mass is 402 g/mol. The molecule has 3 atom stereocenters. The number of nitrogens with zero attached hydrogens (tertiary/aromatic N) is 6. The van der Waals surface area contributed by atoms with Crippen LogP contribution >= 0.6 is 0 Å². The second-order valence-electron chi connectivity index (χ2n) is 8.04. The number of amides is 1. The molecule has 30 heavy (non-hydrogen) atoms. The quantitative estimate of drug-likeness (QED) is 0.662. The van der Waals surface area contributed by atoms with Crippen LogP contribution in [0.1, 0.15) is 34.5 Å². The van der Waals surface area contributed by atoms with E-state index >= 15 is 0 Å². The number of likely N-dealkylation sites (tertiary alicyclic amines) is 1. The van der Waals surface area contributed by atoms with Gasteiger partial charge in [-0.15, -0.1) is 0 Å². The molecule has 1 saturated carbocycles. The van der Waals surface area contributed by atoms with Crippen molar-refractivity contribution < 1.29 is 9.53 Å². The molecule has 3 aromatic rings. The van der Waals surface area contributed by atoms with Crippen molar-refractivity contribution in [1.82, 2.24) is 29.8 Å². The summed E-state index contributed by atoms with van der Waals surface area (Å²) in [5.74, 6) is 0.807. The maximum Gasteiger partial charge on any atom is 0.316 e. The van der Waals surface area contributed by atoms with Gasteiger partial charge in [-0.05, 0) is 55.9 Å². The number of carbonyl (C=O) groups excluding carboxylic acids is 1. The van der Waals surface area contributed by atoms with Gasteiger partial charge < -0.3 is 9.64 Å². The highest BCUT2D eigenvalue weighted by Crippen LogP contribution is 2.40. The van der Waals surface area contributed by atoms with E-state index in [0.29, 0.717) is 35.6 Å². The van der Waals surface area contributed by atoms with Crippen LogP contribution in [-0.2, 0) is 0 Å². The number of aryl methyl sites for hydroxylation is 2. The highest BCUT2D eigenvalue weighted by Gasteiger charge is 2.49. The van der Waals surface area contributed by atoms with Crippen LogP contribution in [0, 0.1) is 19.8 Å². The molecule has 3 unspecified atom stereocenters. The molecule has 1 aliphatic heterocycles. The molecule has 8 heteroatoms. The molecular formula is C22H22N6O2. The molecular weight excluding hydrogens is 380 g/mol. The summed E-state index contributed by atoms with van der Waals surface area (Å²) in [6.07, 6.45) is 10.2. The number of carbonyl (C=O) groups is 1. The smallest absolute Gasteiger partial charge is 0.316 e. The minimum Gasteiger partial charge on any atom is -0.458 e. The van der Waals surface area contributed by atoms with Crippen molar-refractivity contribution in [1.29, 1.82) is 0 Å². The third-order valence-corrected chi connectivity index (χ3v) is 5.73. The minimum atomic E-state index is -0.114. The van der Waals surface area contributed by atoms with Crippen LogP contribution < -0.4 is 4.74 Å². The topological polar surface area (TPSA) is 94.0 Å². The lowest BCUT2D eigenvalue weighted by atomic mass is 10.1. The van der Waals surface area contributed by atoms with E-state index in [4.69, 9.17) is 4.74 Å². The van der Waals surface area contributed by atoms with E-state index in [0.717, 1.165) is 24.0 Å². The second-order valence-corrected chi connectivity index (χ2v) is 8.04. The molecule has 0 radical (unpaired) electrons. The molecule has 2 aliphatic rings. The van der Waals surface area contributed by atoms with Gasteiger partial charge in [0.1, 0.15) is 11.8 Å². The van der Waals surface area contributed by atoms with Crippen LogP contribution in [0.2, 0.25) is 0 Å². The zero-order chi connectivity index (χ0) is 20.7. The summed E-state index contributed by atoms with van der Waals surface area (Å²) in [6.45, 7) is 4.59. The third-order valence-electron chi connectivity index (χ3n) is 5.73. The van der Waals surface area contributed by atoms with Crippen LogP contribution in [0.15, 0.2) is 43.1 Å². The van der Waals surface area contributed by atoms with Crippen molar-refractivity contribution in [2.24, 2.45) is 5.92 Å². The van der Waals surface area contributed by atoms with Gasteiger partial charge in [-0.1, -0.05) is 0 Å². The number of fused-ring (bicyclic) bond motifs is 2. The Hall–Kier alpha value is -3.42. The molecule has 2 fully saturated rings.